The Morgan fingerprint density at radius 1 is 1.41 bits per heavy atom. The lowest BCUT2D eigenvalue weighted by atomic mass is 10.3. The summed E-state index contributed by atoms with van der Waals surface area (Å²) in [6.07, 6.45) is 4.65. The lowest BCUT2D eigenvalue weighted by Gasteiger charge is -2.16. The van der Waals surface area contributed by atoms with Crippen molar-refractivity contribution in [2.45, 2.75) is 39.7 Å². The summed E-state index contributed by atoms with van der Waals surface area (Å²) in [5.74, 6) is 0.973. The maximum atomic E-state index is 12.0. The third kappa shape index (κ3) is 5.29. The van der Waals surface area contributed by atoms with E-state index in [1.54, 1.807) is 11.3 Å². The van der Waals surface area contributed by atoms with E-state index in [4.69, 9.17) is 0 Å². The van der Waals surface area contributed by atoms with Crippen molar-refractivity contribution in [1.29, 1.82) is 0 Å². The van der Waals surface area contributed by atoms with Crippen molar-refractivity contribution in [3.8, 4) is 0 Å². The minimum atomic E-state index is 0.233. The normalized spacial score (nSPS) is 15.2. The summed E-state index contributed by atoms with van der Waals surface area (Å²) < 4.78 is 0. The SMILES string of the molecule is CCNC(=NCc1ncc(C)s1)NCCC(=O)N1CCCC1. The van der Waals surface area contributed by atoms with E-state index in [9.17, 15) is 4.79 Å². The number of nitrogens with one attached hydrogen (secondary N) is 2. The van der Waals surface area contributed by atoms with Crippen LogP contribution in [0.4, 0.5) is 0 Å². The molecular weight excluding hydrogens is 298 g/mol. The first-order chi connectivity index (χ1) is 10.7. The number of carbonyl (C=O) groups excluding carboxylic acids is 1. The van der Waals surface area contributed by atoms with Gasteiger partial charge in [-0.2, -0.15) is 0 Å². The Labute approximate surface area is 136 Å². The Morgan fingerprint density at radius 3 is 2.82 bits per heavy atom. The molecule has 1 saturated heterocycles. The van der Waals surface area contributed by atoms with E-state index in [1.165, 1.54) is 4.88 Å². The molecule has 0 aliphatic carbocycles. The van der Waals surface area contributed by atoms with Crippen molar-refractivity contribution in [3.05, 3.63) is 16.1 Å². The molecule has 2 heterocycles. The van der Waals surface area contributed by atoms with Crippen LogP contribution in [0.25, 0.3) is 0 Å². The lowest BCUT2D eigenvalue weighted by molar-refractivity contribution is -0.129. The average Bonchev–Trinajstić information content (AvgIpc) is 3.16. The van der Waals surface area contributed by atoms with Crippen LogP contribution in [0.15, 0.2) is 11.2 Å². The molecule has 0 spiro atoms. The predicted molar refractivity (Wildman–Crippen MR) is 90.1 cm³/mol. The van der Waals surface area contributed by atoms with Gasteiger partial charge in [-0.05, 0) is 26.7 Å². The number of aliphatic imine (C=N–C) groups is 1. The quantitative estimate of drug-likeness (QED) is 0.615. The average molecular weight is 323 g/mol. The number of guanidine groups is 1. The van der Waals surface area contributed by atoms with E-state index in [2.05, 4.69) is 20.6 Å². The molecule has 6 nitrogen and oxygen atoms in total. The molecular formula is C15H25N5OS. The van der Waals surface area contributed by atoms with Gasteiger partial charge in [0.2, 0.25) is 5.91 Å². The lowest BCUT2D eigenvalue weighted by Crippen LogP contribution is -2.39. The number of amides is 1. The highest BCUT2D eigenvalue weighted by molar-refractivity contribution is 7.11. The number of rotatable bonds is 6. The molecule has 0 bridgehead atoms. The molecule has 122 valence electrons. The fourth-order valence-electron chi connectivity index (χ4n) is 2.38. The first kappa shape index (κ1) is 16.7. The maximum Gasteiger partial charge on any atom is 0.224 e. The number of aromatic nitrogens is 1. The predicted octanol–water partition coefficient (Wildman–Crippen LogP) is 1.52. The highest BCUT2D eigenvalue weighted by Crippen LogP contribution is 2.11. The third-order valence-corrected chi connectivity index (χ3v) is 4.37. The van der Waals surface area contributed by atoms with Gasteiger partial charge >= 0.3 is 0 Å². The standard InChI is InChI=1S/C15H25N5OS/c1-3-16-15(19-11-13-18-10-12(2)22-13)17-7-6-14(21)20-8-4-5-9-20/h10H,3-9,11H2,1-2H3,(H2,16,17,19). The topological polar surface area (TPSA) is 69.6 Å². The first-order valence-electron chi connectivity index (χ1n) is 7.90. The zero-order valence-corrected chi connectivity index (χ0v) is 14.2. The van der Waals surface area contributed by atoms with Crippen molar-refractivity contribution >= 4 is 23.2 Å². The summed E-state index contributed by atoms with van der Waals surface area (Å²) in [6.45, 7) is 7.86. The zero-order chi connectivity index (χ0) is 15.8. The Morgan fingerprint density at radius 2 is 2.18 bits per heavy atom. The van der Waals surface area contributed by atoms with E-state index >= 15 is 0 Å². The van der Waals surface area contributed by atoms with Gasteiger partial charge in [-0.1, -0.05) is 0 Å². The van der Waals surface area contributed by atoms with Crippen LogP contribution in [0.1, 0.15) is 36.1 Å². The molecule has 1 aliphatic heterocycles. The molecule has 7 heteroatoms. The Kier molecular flexibility index (Phi) is 6.64. The Balaban J connectivity index is 1.76. The summed E-state index contributed by atoms with van der Waals surface area (Å²) in [7, 11) is 0. The second-order valence-corrected chi connectivity index (χ2v) is 6.64. The molecule has 0 radical (unpaired) electrons. The van der Waals surface area contributed by atoms with E-state index in [-0.39, 0.29) is 5.91 Å². The molecule has 2 rings (SSSR count). The van der Waals surface area contributed by atoms with Crippen molar-refractivity contribution in [2.75, 3.05) is 26.2 Å². The van der Waals surface area contributed by atoms with Crippen molar-refractivity contribution in [2.24, 2.45) is 4.99 Å². The smallest absolute Gasteiger partial charge is 0.224 e. The molecule has 1 fully saturated rings. The van der Waals surface area contributed by atoms with Gasteiger partial charge in [0.05, 0.1) is 6.54 Å². The van der Waals surface area contributed by atoms with Gasteiger partial charge < -0.3 is 15.5 Å². The molecule has 1 aromatic heterocycles. The first-order valence-corrected chi connectivity index (χ1v) is 8.72. The number of hydrogen-bond acceptors (Lipinski definition) is 4. The van der Waals surface area contributed by atoms with Crippen LogP contribution in [-0.2, 0) is 11.3 Å². The highest BCUT2D eigenvalue weighted by atomic mass is 32.1. The van der Waals surface area contributed by atoms with Gasteiger partial charge in [0.1, 0.15) is 5.01 Å². The van der Waals surface area contributed by atoms with Gasteiger partial charge in [0.15, 0.2) is 5.96 Å². The summed E-state index contributed by atoms with van der Waals surface area (Å²) in [6, 6.07) is 0. The summed E-state index contributed by atoms with van der Waals surface area (Å²) in [5.41, 5.74) is 0. The van der Waals surface area contributed by atoms with Crippen LogP contribution in [0.3, 0.4) is 0 Å². The van der Waals surface area contributed by atoms with E-state index in [0.717, 1.165) is 43.4 Å². The molecule has 0 saturated carbocycles. The van der Waals surface area contributed by atoms with E-state index in [1.807, 2.05) is 24.9 Å². The summed E-state index contributed by atoms with van der Waals surface area (Å²) in [5, 5.41) is 7.42. The molecule has 0 unspecified atom stereocenters. The van der Waals surface area contributed by atoms with E-state index < -0.39 is 0 Å². The molecule has 0 aromatic carbocycles. The number of likely N-dealkylation sites (tertiary alicyclic amines) is 1. The monoisotopic (exact) mass is 323 g/mol. The fourth-order valence-corrected chi connectivity index (χ4v) is 3.09. The van der Waals surface area contributed by atoms with E-state index in [0.29, 0.717) is 19.5 Å². The van der Waals surface area contributed by atoms with Crippen molar-refractivity contribution in [3.63, 3.8) is 0 Å². The maximum absolute atomic E-state index is 12.0. The van der Waals surface area contributed by atoms with Gasteiger partial charge in [0, 0.05) is 43.7 Å². The molecule has 2 N–H and O–H groups in total. The highest BCUT2D eigenvalue weighted by Gasteiger charge is 2.17. The largest absolute Gasteiger partial charge is 0.357 e. The van der Waals surface area contributed by atoms with Crippen molar-refractivity contribution < 1.29 is 4.79 Å². The Bertz CT molecular complexity index is 508. The van der Waals surface area contributed by atoms with Crippen LogP contribution in [0.2, 0.25) is 0 Å². The van der Waals surface area contributed by atoms with Gasteiger partial charge in [-0.3, -0.25) is 4.79 Å². The fraction of sp³-hybridized carbons (Fsp3) is 0.667. The molecule has 1 aromatic rings. The summed E-state index contributed by atoms with van der Waals surface area (Å²) in [4.78, 5) is 23.9. The van der Waals surface area contributed by atoms with Crippen molar-refractivity contribution in [1.82, 2.24) is 20.5 Å². The number of carbonyl (C=O) groups is 1. The van der Waals surface area contributed by atoms with Crippen LogP contribution in [0, 0.1) is 6.92 Å². The summed E-state index contributed by atoms with van der Waals surface area (Å²) >= 11 is 1.66. The van der Waals surface area contributed by atoms with Gasteiger partial charge in [-0.15, -0.1) is 11.3 Å². The third-order valence-electron chi connectivity index (χ3n) is 3.48. The zero-order valence-electron chi connectivity index (χ0n) is 13.4. The second-order valence-electron chi connectivity index (χ2n) is 5.32. The molecule has 0 atom stereocenters. The van der Waals surface area contributed by atoms with Gasteiger partial charge in [-0.25, -0.2) is 9.98 Å². The molecule has 1 amide bonds. The number of hydrogen-bond donors (Lipinski definition) is 2. The Hall–Kier alpha value is -1.63. The van der Waals surface area contributed by atoms with Crippen LogP contribution >= 0.6 is 11.3 Å². The number of nitrogens with zero attached hydrogens (tertiary/aromatic N) is 3. The van der Waals surface area contributed by atoms with Crippen LogP contribution in [-0.4, -0.2) is 47.9 Å². The van der Waals surface area contributed by atoms with Gasteiger partial charge in [0.25, 0.3) is 0 Å². The van der Waals surface area contributed by atoms with Crippen LogP contribution in [0.5, 0.6) is 0 Å². The second kappa shape index (κ2) is 8.73. The molecule has 22 heavy (non-hydrogen) atoms. The molecule has 1 aliphatic rings. The number of aryl methyl sites for hydroxylation is 1. The number of thiazole rings is 1. The minimum Gasteiger partial charge on any atom is -0.357 e. The minimum absolute atomic E-state index is 0.233. The van der Waals surface area contributed by atoms with Crippen LogP contribution < -0.4 is 10.6 Å².